The van der Waals surface area contributed by atoms with Crippen molar-refractivity contribution >= 4 is 13.2 Å². The van der Waals surface area contributed by atoms with Crippen molar-refractivity contribution in [3.8, 4) is 0 Å². The summed E-state index contributed by atoms with van der Waals surface area (Å²) in [6.07, 6.45) is 3.54. The number of rotatable bonds is 0. The van der Waals surface area contributed by atoms with Gasteiger partial charge in [-0.3, -0.25) is 14.0 Å². The van der Waals surface area contributed by atoms with Crippen molar-refractivity contribution in [1.82, 2.24) is 4.67 Å². The highest BCUT2D eigenvalue weighted by atomic mass is 31.2. The van der Waals surface area contributed by atoms with Crippen LogP contribution in [0.5, 0.6) is 0 Å². The summed E-state index contributed by atoms with van der Waals surface area (Å²) in [5.74, 6) is 0.0748. The van der Waals surface area contributed by atoms with E-state index in [-0.39, 0.29) is 17.2 Å². The second-order valence-electron chi connectivity index (χ2n) is 2.63. The largest absolute Gasteiger partial charge is 0.298 e. The molecule has 0 N–H and O–H groups in total. The molecule has 3 atom stereocenters. The van der Waals surface area contributed by atoms with Crippen molar-refractivity contribution < 1.29 is 9.36 Å². The van der Waals surface area contributed by atoms with Crippen LogP contribution < -0.4 is 0 Å². The normalized spacial score (nSPS) is 57.3. The molecule has 0 aromatic heterocycles. The van der Waals surface area contributed by atoms with E-state index in [1.54, 1.807) is 6.20 Å². The Bertz CT molecular complexity index is 287. The van der Waals surface area contributed by atoms with Crippen LogP contribution in [0.4, 0.5) is 0 Å². The minimum atomic E-state index is -2.05. The highest BCUT2D eigenvalue weighted by Gasteiger charge is 2.80. The Labute approximate surface area is 51.8 Å². The Kier molecular flexibility index (Phi) is 0.389. The average molecular weight is 141 g/mol. The number of amides is 1. The summed E-state index contributed by atoms with van der Waals surface area (Å²) < 4.78 is 12.7. The van der Waals surface area contributed by atoms with Crippen LogP contribution >= 0.6 is 7.29 Å². The number of carbonyl (C=O) groups excluding carboxylic acids is 1. The van der Waals surface area contributed by atoms with Crippen LogP contribution in [-0.4, -0.2) is 21.9 Å². The summed E-state index contributed by atoms with van der Waals surface area (Å²) in [7, 11) is -2.05. The van der Waals surface area contributed by atoms with E-state index in [9.17, 15) is 9.36 Å². The van der Waals surface area contributed by atoms with Crippen molar-refractivity contribution in [2.24, 2.45) is 0 Å². The minimum Gasteiger partial charge on any atom is -0.298 e. The van der Waals surface area contributed by atoms with Crippen LogP contribution in [0.3, 0.4) is 0 Å². The van der Waals surface area contributed by atoms with Gasteiger partial charge in [0.25, 0.3) is 0 Å². The molecule has 3 aliphatic heterocycles. The lowest BCUT2D eigenvalue weighted by atomic mass is 10.2. The van der Waals surface area contributed by atoms with E-state index in [0.717, 1.165) is 0 Å². The fourth-order valence-corrected chi connectivity index (χ4v) is 4.81. The molecule has 46 valence electrons. The minimum absolute atomic E-state index is 0.0671. The van der Waals surface area contributed by atoms with Gasteiger partial charge in [0, 0.05) is 6.20 Å². The van der Waals surface area contributed by atoms with E-state index >= 15 is 0 Å². The van der Waals surface area contributed by atoms with E-state index in [4.69, 9.17) is 0 Å². The van der Waals surface area contributed by atoms with Crippen LogP contribution in [0.25, 0.3) is 0 Å². The molecule has 0 saturated carbocycles. The standard InChI is InChI=1S/C5H4NO2P/c7-5-4-3-1-2-6(5)9(3,4)8/h1-4H. The zero-order chi connectivity index (χ0) is 6.22. The molecule has 3 unspecified atom stereocenters. The van der Waals surface area contributed by atoms with Crippen LogP contribution in [-0.2, 0) is 9.36 Å². The lowest BCUT2D eigenvalue weighted by Gasteiger charge is -2.24. The second kappa shape index (κ2) is 0.816. The summed E-state index contributed by atoms with van der Waals surface area (Å²) in [6.45, 7) is 0. The number of carbonyl (C=O) groups is 1. The maximum atomic E-state index is 11.3. The molecule has 9 heavy (non-hydrogen) atoms. The lowest BCUT2D eigenvalue weighted by Crippen LogP contribution is -2.33. The van der Waals surface area contributed by atoms with Crippen molar-refractivity contribution in [3.05, 3.63) is 12.3 Å². The van der Waals surface area contributed by atoms with Crippen LogP contribution in [0.2, 0.25) is 0 Å². The summed E-state index contributed by atoms with van der Waals surface area (Å²) in [6, 6.07) is 0. The van der Waals surface area contributed by atoms with Gasteiger partial charge >= 0.3 is 0 Å². The first-order valence-corrected chi connectivity index (χ1v) is 4.67. The molecule has 0 aromatic carbocycles. The third kappa shape index (κ3) is 0.209. The van der Waals surface area contributed by atoms with Gasteiger partial charge in [-0.15, -0.1) is 0 Å². The first kappa shape index (κ1) is 4.29. The lowest BCUT2D eigenvalue weighted by molar-refractivity contribution is -0.125. The maximum absolute atomic E-state index is 11.3. The number of hydrogen-bond donors (Lipinski definition) is 0. The van der Waals surface area contributed by atoms with Gasteiger partial charge in [0.1, 0.15) is 5.66 Å². The molecule has 1 amide bonds. The Balaban J connectivity index is 2.32. The predicted molar refractivity (Wildman–Crippen MR) is 31.2 cm³/mol. The van der Waals surface area contributed by atoms with Crippen LogP contribution in [0.15, 0.2) is 12.3 Å². The van der Waals surface area contributed by atoms with Gasteiger partial charge in [0.05, 0.1) is 5.66 Å². The molecule has 3 aliphatic rings. The first-order valence-electron chi connectivity index (χ1n) is 2.87. The predicted octanol–water partition coefficient (Wildman–Crippen LogP) is 0.385. The van der Waals surface area contributed by atoms with E-state index < -0.39 is 7.29 Å². The van der Waals surface area contributed by atoms with Gasteiger partial charge in [0.15, 0.2) is 7.29 Å². The molecule has 3 heterocycles. The molecule has 0 aromatic rings. The number of nitrogens with zero attached hydrogens (tertiary/aromatic N) is 1. The smallest absolute Gasteiger partial charge is 0.245 e. The van der Waals surface area contributed by atoms with Crippen molar-refractivity contribution in [2.45, 2.75) is 11.3 Å². The van der Waals surface area contributed by atoms with Gasteiger partial charge in [0.2, 0.25) is 5.91 Å². The second-order valence-corrected chi connectivity index (χ2v) is 5.56. The molecule has 3 nitrogen and oxygen atoms in total. The number of hydrogen-bond acceptors (Lipinski definition) is 2. The molecule has 2 saturated heterocycles. The highest BCUT2D eigenvalue weighted by Crippen LogP contribution is 2.87. The van der Waals surface area contributed by atoms with Gasteiger partial charge in [-0.05, 0) is 0 Å². The summed E-state index contributed by atoms with van der Waals surface area (Å²) in [4.78, 5) is 10.8. The van der Waals surface area contributed by atoms with Gasteiger partial charge in [-0.25, -0.2) is 0 Å². The van der Waals surface area contributed by atoms with E-state index in [1.165, 1.54) is 4.67 Å². The summed E-state index contributed by atoms with van der Waals surface area (Å²) in [5, 5.41) is 0. The zero-order valence-corrected chi connectivity index (χ0v) is 5.41. The molecule has 4 heteroatoms. The van der Waals surface area contributed by atoms with E-state index in [2.05, 4.69) is 0 Å². The Morgan fingerprint density at radius 3 is 2.67 bits per heavy atom. The fourth-order valence-electron chi connectivity index (χ4n) is 1.72. The summed E-state index contributed by atoms with van der Waals surface area (Å²) >= 11 is 0. The Morgan fingerprint density at radius 2 is 2.44 bits per heavy atom. The first-order chi connectivity index (χ1) is 4.26. The quantitative estimate of drug-likeness (QED) is 0.457. The monoisotopic (exact) mass is 141 g/mol. The molecule has 0 radical (unpaired) electrons. The number of fused-ring (bicyclic) bond motifs is 1. The van der Waals surface area contributed by atoms with Gasteiger partial charge < -0.3 is 0 Å². The molecule has 0 aliphatic carbocycles. The fraction of sp³-hybridized carbons (Fsp3) is 0.400. The number of allylic oxidation sites excluding steroid dienone is 1. The van der Waals surface area contributed by atoms with Crippen LogP contribution in [0, 0.1) is 0 Å². The molecule has 0 spiro atoms. The molecule has 0 bridgehead atoms. The Hall–Kier alpha value is -0.560. The van der Waals surface area contributed by atoms with Crippen molar-refractivity contribution in [1.29, 1.82) is 0 Å². The maximum Gasteiger partial charge on any atom is 0.245 e. The Morgan fingerprint density at radius 1 is 1.67 bits per heavy atom. The molecule has 3 rings (SSSR count). The highest BCUT2D eigenvalue weighted by molar-refractivity contribution is 7.76. The molecular weight excluding hydrogens is 137 g/mol. The zero-order valence-electron chi connectivity index (χ0n) is 4.52. The third-order valence-electron chi connectivity index (χ3n) is 2.30. The summed E-state index contributed by atoms with van der Waals surface area (Å²) in [5.41, 5.74) is 0.0625. The molecule has 2 fully saturated rings. The topological polar surface area (TPSA) is 37.4 Å². The van der Waals surface area contributed by atoms with Gasteiger partial charge in [-0.1, -0.05) is 6.08 Å². The van der Waals surface area contributed by atoms with Gasteiger partial charge in [-0.2, -0.15) is 0 Å². The van der Waals surface area contributed by atoms with E-state index in [1.807, 2.05) is 6.08 Å². The average Bonchev–Trinajstić information content (AvgIpc) is 2.24. The SMILES string of the molecule is O=C1C2C3C=CN1P32=O. The van der Waals surface area contributed by atoms with E-state index in [0.29, 0.717) is 0 Å². The van der Waals surface area contributed by atoms with Crippen molar-refractivity contribution in [2.75, 3.05) is 0 Å². The molecular formula is C5H4NO2P. The van der Waals surface area contributed by atoms with Crippen molar-refractivity contribution in [3.63, 3.8) is 0 Å². The third-order valence-corrected chi connectivity index (χ3v) is 5.62. The van der Waals surface area contributed by atoms with Crippen LogP contribution in [0.1, 0.15) is 0 Å².